The van der Waals surface area contributed by atoms with Gasteiger partial charge < -0.3 is 29.7 Å². The Bertz CT molecular complexity index is 1330. The SMILES string of the molecule is CCCc1ccc(COC(=O)N(C)C(C(=O)N[C@H](C(=O)N(C)[C@H](/C=C(\C)C(=O)NC(COC=O)OC=O)C(C)C)C(C)(C)C)C(C)(C)C)cc1. The van der Waals surface area contributed by atoms with Crippen LogP contribution in [0, 0.1) is 16.7 Å². The minimum Gasteiger partial charge on any atom is -0.462 e. The molecule has 1 rings (SSSR count). The molecule has 280 valence electrons. The van der Waals surface area contributed by atoms with E-state index in [1.165, 1.54) is 29.3 Å². The van der Waals surface area contributed by atoms with Crippen LogP contribution in [0.5, 0.6) is 0 Å². The predicted molar refractivity (Wildman–Crippen MR) is 189 cm³/mol. The third kappa shape index (κ3) is 13.5. The third-order valence-electron chi connectivity index (χ3n) is 8.15. The molecular weight excluding hydrogens is 644 g/mol. The minimum absolute atomic E-state index is 0.0425. The van der Waals surface area contributed by atoms with Gasteiger partial charge in [-0.05, 0) is 41.2 Å². The minimum atomic E-state index is -1.20. The van der Waals surface area contributed by atoms with Crippen LogP contribution in [0.3, 0.4) is 0 Å². The monoisotopic (exact) mass is 702 g/mol. The predicted octanol–water partition coefficient (Wildman–Crippen LogP) is 4.37. The van der Waals surface area contributed by atoms with Crippen molar-refractivity contribution >= 4 is 36.8 Å². The van der Waals surface area contributed by atoms with Gasteiger partial charge in [0.25, 0.3) is 12.9 Å². The number of amides is 4. The summed E-state index contributed by atoms with van der Waals surface area (Å²) in [6, 6.07) is 5.27. The van der Waals surface area contributed by atoms with Crippen molar-refractivity contribution in [3.8, 4) is 0 Å². The molecule has 0 fully saturated rings. The molecule has 0 heterocycles. The molecule has 0 aliphatic carbocycles. The maximum Gasteiger partial charge on any atom is 0.410 e. The van der Waals surface area contributed by atoms with Gasteiger partial charge in [-0.1, -0.05) is 99.1 Å². The maximum atomic E-state index is 14.2. The van der Waals surface area contributed by atoms with E-state index in [9.17, 15) is 28.8 Å². The van der Waals surface area contributed by atoms with Crippen molar-refractivity contribution in [2.45, 2.75) is 113 Å². The van der Waals surface area contributed by atoms with Gasteiger partial charge in [-0.2, -0.15) is 0 Å². The number of nitrogens with one attached hydrogen (secondary N) is 2. The Balaban J connectivity index is 3.24. The van der Waals surface area contributed by atoms with Crippen molar-refractivity contribution in [1.29, 1.82) is 0 Å². The fourth-order valence-electron chi connectivity index (χ4n) is 5.47. The zero-order valence-electron chi connectivity index (χ0n) is 31.8. The first-order valence-corrected chi connectivity index (χ1v) is 16.9. The molecule has 2 N–H and O–H groups in total. The normalized spacial score (nSPS) is 14.4. The van der Waals surface area contributed by atoms with Gasteiger partial charge in [0.15, 0.2) is 0 Å². The van der Waals surface area contributed by atoms with Crippen molar-refractivity contribution in [1.82, 2.24) is 20.4 Å². The molecule has 2 unspecified atom stereocenters. The van der Waals surface area contributed by atoms with E-state index >= 15 is 0 Å². The molecule has 0 aliphatic rings. The molecule has 1 aromatic carbocycles. The highest BCUT2D eigenvalue weighted by Crippen LogP contribution is 2.28. The van der Waals surface area contributed by atoms with Crippen molar-refractivity contribution in [2.24, 2.45) is 16.7 Å². The quantitative estimate of drug-likeness (QED) is 0.0980. The molecule has 13 heteroatoms. The first kappa shape index (κ1) is 43.6. The number of aryl methyl sites for hydroxylation is 1. The van der Waals surface area contributed by atoms with Crippen LogP contribution in [0.4, 0.5) is 4.79 Å². The highest BCUT2D eigenvalue weighted by molar-refractivity contribution is 5.94. The van der Waals surface area contributed by atoms with E-state index in [2.05, 4.69) is 22.3 Å². The number of hydrogen-bond donors (Lipinski definition) is 2. The van der Waals surface area contributed by atoms with Crippen LogP contribution in [0.25, 0.3) is 0 Å². The Hall–Kier alpha value is -4.42. The van der Waals surface area contributed by atoms with E-state index in [1.807, 2.05) is 79.7 Å². The molecule has 0 aromatic heterocycles. The van der Waals surface area contributed by atoms with E-state index < -0.39 is 59.0 Å². The Morgan fingerprint density at radius 2 is 1.44 bits per heavy atom. The summed E-state index contributed by atoms with van der Waals surface area (Å²) >= 11 is 0. The number of nitrogens with zero attached hydrogens (tertiary/aromatic N) is 2. The largest absolute Gasteiger partial charge is 0.462 e. The van der Waals surface area contributed by atoms with E-state index in [1.54, 1.807) is 13.1 Å². The molecule has 0 saturated carbocycles. The summed E-state index contributed by atoms with van der Waals surface area (Å²) in [6.45, 7) is 18.3. The molecular formula is C37H58N4O9. The highest BCUT2D eigenvalue weighted by atomic mass is 16.6. The number of carbonyl (C=O) groups is 6. The summed E-state index contributed by atoms with van der Waals surface area (Å²) in [5.41, 5.74) is 0.767. The van der Waals surface area contributed by atoms with Crippen LogP contribution in [-0.2, 0) is 51.2 Å². The van der Waals surface area contributed by atoms with Crippen molar-refractivity contribution in [3.63, 3.8) is 0 Å². The first-order chi connectivity index (χ1) is 23.2. The lowest BCUT2D eigenvalue weighted by Gasteiger charge is -2.40. The van der Waals surface area contributed by atoms with Crippen LogP contribution in [-0.4, -0.2) is 91.6 Å². The molecule has 4 atom stereocenters. The summed E-state index contributed by atoms with van der Waals surface area (Å²) in [4.78, 5) is 78.5. The van der Waals surface area contributed by atoms with Gasteiger partial charge in [0.05, 0.1) is 6.04 Å². The van der Waals surface area contributed by atoms with Crippen LogP contribution in [0.1, 0.15) is 86.8 Å². The standard InChI is InChI=1S/C37H58N4O9/c1-13-14-26-15-17-27(18-16-26)20-49-35(47)41(12)31(37(8,9)10)33(45)39-30(36(5,6)7)34(46)40(11)28(24(2)3)19-25(4)32(44)38-29(50-23-43)21-48-22-42/h15-19,22-24,28-31H,13-14,20-21H2,1-12H3,(H,38,44)(H,39,45)/b25-19+/t28-,29?,30-,31?/m1/s1. The molecule has 1 aromatic rings. The third-order valence-corrected chi connectivity index (χ3v) is 8.15. The average molecular weight is 703 g/mol. The average Bonchev–Trinajstić information content (AvgIpc) is 3.02. The summed E-state index contributed by atoms with van der Waals surface area (Å²) in [5, 5.41) is 5.39. The number of likely N-dealkylation sites (N-methyl/N-ethyl adjacent to an activating group) is 2. The van der Waals surface area contributed by atoms with E-state index in [-0.39, 0.29) is 37.6 Å². The van der Waals surface area contributed by atoms with Gasteiger partial charge in [-0.25, -0.2) is 4.79 Å². The lowest BCUT2D eigenvalue weighted by molar-refractivity contribution is -0.146. The number of carbonyl (C=O) groups excluding carboxylic acids is 6. The van der Waals surface area contributed by atoms with E-state index in [0.29, 0.717) is 0 Å². The van der Waals surface area contributed by atoms with Gasteiger partial charge in [-0.3, -0.25) is 28.9 Å². The molecule has 0 aliphatic heterocycles. The fraction of sp³-hybridized carbons (Fsp3) is 0.622. The van der Waals surface area contributed by atoms with Crippen molar-refractivity contribution < 1.29 is 43.0 Å². The van der Waals surface area contributed by atoms with Crippen LogP contribution in [0.15, 0.2) is 35.9 Å². The Morgan fingerprint density at radius 3 is 1.92 bits per heavy atom. The Labute approximate surface area is 297 Å². The summed E-state index contributed by atoms with van der Waals surface area (Å²) in [6.07, 6.45) is 1.73. The van der Waals surface area contributed by atoms with Gasteiger partial charge >= 0.3 is 6.09 Å². The second-order valence-corrected chi connectivity index (χ2v) is 15.0. The number of rotatable bonds is 18. The van der Waals surface area contributed by atoms with Gasteiger partial charge in [-0.15, -0.1) is 0 Å². The second kappa shape index (κ2) is 19.7. The maximum absolute atomic E-state index is 14.2. The smallest absolute Gasteiger partial charge is 0.410 e. The lowest BCUT2D eigenvalue weighted by atomic mass is 9.82. The van der Waals surface area contributed by atoms with Gasteiger partial charge in [0.1, 0.15) is 25.3 Å². The zero-order chi connectivity index (χ0) is 38.4. The summed E-state index contributed by atoms with van der Waals surface area (Å²) in [7, 11) is 3.10. The van der Waals surface area contributed by atoms with Crippen LogP contribution in [0.2, 0.25) is 0 Å². The molecule has 0 radical (unpaired) electrons. The lowest BCUT2D eigenvalue weighted by Crippen LogP contribution is -2.61. The molecule has 0 spiro atoms. The molecule has 13 nitrogen and oxygen atoms in total. The fourth-order valence-corrected chi connectivity index (χ4v) is 5.47. The first-order valence-electron chi connectivity index (χ1n) is 16.9. The molecule has 0 bridgehead atoms. The Kier molecular flexibility index (Phi) is 17.2. The zero-order valence-corrected chi connectivity index (χ0v) is 31.8. The van der Waals surface area contributed by atoms with Crippen LogP contribution < -0.4 is 10.6 Å². The van der Waals surface area contributed by atoms with Crippen molar-refractivity contribution in [2.75, 3.05) is 20.7 Å². The van der Waals surface area contributed by atoms with E-state index in [4.69, 9.17) is 9.47 Å². The molecule has 50 heavy (non-hydrogen) atoms. The van der Waals surface area contributed by atoms with Crippen molar-refractivity contribution in [3.05, 3.63) is 47.0 Å². The summed E-state index contributed by atoms with van der Waals surface area (Å²) in [5.74, 6) is -1.68. The molecule has 0 saturated heterocycles. The number of ether oxygens (including phenoxy) is 3. The second-order valence-electron chi connectivity index (χ2n) is 15.0. The summed E-state index contributed by atoms with van der Waals surface area (Å²) < 4.78 is 15.0. The van der Waals surface area contributed by atoms with Gasteiger partial charge in [0, 0.05) is 19.7 Å². The number of benzene rings is 1. The Morgan fingerprint density at radius 1 is 0.860 bits per heavy atom. The van der Waals surface area contributed by atoms with E-state index in [0.717, 1.165) is 18.4 Å². The van der Waals surface area contributed by atoms with Crippen LogP contribution >= 0.6 is 0 Å². The molecule has 4 amide bonds. The highest BCUT2D eigenvalue weighted by Gasteiger charge is 2.43. The topological polar surface area (TPSA) is 161 Å². The van der Waals surface area contributed by atoms with Gasteiger partial charge in [0.2, 0.25) is 23.9 Å². The number of hydrogen-bond acceptors (Lipinski definition) is 9.